The molecule has 2 saturated heterocycles. The van der Waals surface area contributed by atoms with E-state index in [1.165, 1.54) is 32.0 Å². The van der Waals surface area contributed by atoms with Gasteiger partial charge in [-0.15, -0.1) is 0 Å². The van der Waals surface area contributed by atoms with E-state index in [-0.39, 0.29) is 5.69 Å². The van der Waals surface area contributed by atoms with Crippen LogP contribution in [0.3, 0.4) is 0 Å². The summed E-state index contributed by atoms with van der Waals surface area (Å²) in [6.07, 6.45) is 4.66. The van der Waals surface area contributed by atoms with Gasteiger partial charge in [0.15, 0.2) is 11.6 Å². The molecule has 2 N–H and O–H groups in total. The van der Waals surface area contributed by atoms with Crippen molar-refractivity contribution >= 4 is 11.4 Å². The zero-order valence-corrected chi connectivity index (χ0v) is 12.3. The Kier molecular flexibility index (Phi) is 4.29. The van der Waals surface area contributed by atoms with Crippen molar-refractivity contribution in [2.24, 2.45) is 5.92 Å². The molecule has 2 heterocycles. The van der Waals surface area contributed by atoms with E-state index in [2.05, 4.69) is 4.90 Å². The second-order valence-corrected chi connectivity index (χ2v) is 6.24. The van der Waals surface area contributed by atoms with Gasteiger partial charge in [0.2, 0.25) is 0 Å². The first-order valence-electron chi connectivity index (χ1n) is 7.86. The standard InChI is InChI=1S/C16H23F2N3/c17-13-3-4-14(19)16(15(13)18)21-9-5-12(6-10-21)11-20-7-1-2-8-20/h3-4,12H,1-2,5-11,19H2. The first-order valence-corrected chi connectivity index (χ1v) is 7.86. The molecule has 1 aromatic carbocycles. The molecule has 1 aromatic rings. The summed E-state index contributed by atoms with van der Waals surface area (Å²) in [4.78, 5) is 4.42. The summed E-state index contributed by atoms with van der Waals surface area (Å²) in [5, 5.41) is 0. The molecule has 0 bridgehead atoms. The fourth-order valence-corrected chi connectivity index (χ4v) is 3.55. The third kappa shape index (κ3) is 3.12. The molecule has 2 aliphatic heterocycles. The monoisotopic (exact) mass is 295 g/mol. The molecule has 0 aliphatic carbocycles. The van der Waals surface area contributed by atoms with Crippen LogP contribution >= 0.6 is 0 Å². The molecule has 0 unspecified atom stereocenters. The van der Waals surface area contributed by atoms with Crippen LogP contribution in [0.4, 0.5) is 20.2 Å². The maximum absolute atomic E-state index is 14.0. The van der Waals surface area contributed by atoms with Gasteiger partial charge in [0.05, 0.1) is 11.4 Å². The number of nitrogens with two attached hydrogens (primary N) is 1. The molecule has 0 aromatic heterocycles. The van der Waals surface area contributed by atoms with Crippen LogP contribution in [-0.4, -0.2) is 37.6 Å². The third-order valence-corrected chi connectivity index (χ3v) is 4.75. The first kappa shape index (κ1) is 14.6. The van der Waals surface area contributed by atoms with Gasteiger partial charge in [-0.05, 0) is 56.8 Å². The summed E-state index contributed by atoms with van der Waals surface area (Å²) in [5.74, 6) is -0.969. The van der Waals surface area contributed by atoms with Gasteiger partial charge in [0.25, 0.3) is 0 Å². The molecule has 116 valence electrons. The lowest BCUT2D eigenvalue weighted by atomic mass is 9.95. The zero-order chi connectivity index (χ0) is 14.8. The number of rotatable bonds is 3. The Morgan fingerprint density at radius 1 is 1.05 bits per heavy atom. The van der Waals surface area contributed by atoms with E-state index in [1.54, 1.807) is 0 Å². The number of halogens is 2. The summed E-state index contributed by atoms with van der Waals surface area (Å²) < 4.78 is 27.4. The van der Waals surface area contributed by atoms with Crippen LogP contribution in [-0.2, 0) is 0 Å². The van der Waals surface area contributed by atoms with Crippen LogP contribution < -0.4 is 10.6 Å². The topological polar surface area (TPSA) is 32.5 Å². The highest BCUT2D eigenvalue weighted by Gasteiger charge is 2.26. The minimum Gasteiger partial charge on any atom is -0.397 e. The minimum absolute atomic E-state index is 0.245. The third-order valence-electron chi connectivity index (χ3n) is 4.75. The van der Waals surface area contributed by atoms with E-state index in [4.69, 9.17) is 5.73 Å². The van der Waals surface area contributed by atoms with Crippen LogP contribution in [0.15, 0.2) is 12.1 Å². The Morgan fingerprint density at radius 3 is 2.38 bits per heavy atom. The van der Waals surface area contributed by atoms with E-state index in [1.807, 2.05) is 4.90 Å². The molecule has 2 fully saturated rings. The maximum Gasteiger partial charge on any atom is 0.184 e. The lowest BCUT2D eigenvalue weighted by molar-refractivity contribution is 0.249. The summed E-state index contributed by atoms with van der Waals surface area (Å²) >= 11 is 0. The van der Waals surface area contributed by atoms with Gasteiger partial charge in [-0.1, -0.05) is 0 Å². The zero-order valence-electron chi connectivity index (χ0n) is 12.3. The second kappa shape index (κ2) is 6.18. The maximum atomic E-state index is 14.0. The normalized spacial score (nSPS) is 21.1. The van der Waals surface area contributed by atoms with Crippen molar-refractivity contribution in [3.63, 3.8) is 0 Å². The summed E-state index contributed by atoms with van der Waals surface area (Å²) in [5.41, 5.74) is 6.40. The SMILES string of the molecule is Nc1ccc(F)c(F)c1N1CCC(CN2CCCC2)CC1. The van der Waals surface area contributed by atoms with Crippen molar-refractivity contribution in [2.75, 3.05) is 43.4 Å². The predicted molar refractivity (Wildman–Crippen MR) is 81.4 cm³/mol. The lowest BCUT2D eigenvalue weighted by Crippen LogP contribution is -2.38. The van der Waals surface area contributed by atoms with E-state index in [0.29, 0.717) is 11.6 Å². The highest BCUT2D eigenvalue weighted by atomic mass is 19.2. The van der Waals surface area contributed by atoms with Gasteiger partial charge in [0.1, 0.15) is 0 Å². The number of benzene rings is 1. The average Bonchev–Trinajstić information content (AvgIpc) is 2.98. The largest absolute Gasteiger partial charge is 0.397 e. The van der Waals surface area contributed by atoms with Crippen LogP contribution in [0, 0.1) is 17.6 Å². The van der Waals surface area contributed by atoms with E-state index >= 15 is 0 Å². The molecule has 3 rings (SSSR count). The van der Waals surface area contributed by atoms with Crippen LogP contribution in [0.25, 0.3) is 0 Å². The number of nitrogens with zero attached hydrogens (tertiary/aromatic N) is 2. The number of hydrogen-bond donors (Lipinski definition) is 1. The quantitative estimate of drug-likeness (QED) is 0.870. The Balaban J connectivity index is 1.62. The van der Waals surface area contributed by atoms with Gasteiger partial charge in [-0.2, -0.15) is 0 Å². The first-order chi connectivity index (χ1) is 10.1. The van der Waals surface area contributed by atoms with Gasteiger partial charge < -0.3 is 15.5 Å². The summed E-state index contributed by atoms with van der Waals surface area (Å²) in [7, 11) is 0. The summed E-state index contributed by atoms with van der Waals surface area (Å²) in [6, 6.07) is 2.54. The highest BCUT2D eigenvalue weighted by Crippen LogP contribution is 2.32. The van der Waals surface area contributed by atoms with Crippen molar-refractivity contribution in [2.45, 2.75) is 25.7 Å². The van der Waals surface area contributed by atoms with Crippen molar-refractivity contribution < 1.29 is 8.78 Å². The molecule has 2 aliphatic rings. The number of anilines is 2. The van der Waals surface area contributed by atoms with E-state index in [0.717, 1.165) is 38.5 Å². The number of piperidine rings is 1. The van der Waals surface area contributed by atoms with Crippen molar-refractivity contribution in [1.82, 2.24) is 4.90 Å². The van der Waals surface area contributed by atoms with Gasteiger partial charge in [-0.25, -0.2) is 8.78 Å². The smallest absolute Gasteiger partial charge is 0.184 e. The predicted octanol–water partition coefficient (Wildman–Crippen LogP) is 2.86. The van der Waals surface area contributed by atoms with Crippen molar-refractivity contribution in [3.8, 4) is 0 Å². The van der Waals surface area contributed by atoms with Crippen molar-refractivity contribution in [1.29, 1.82) is 0 Å². The van der Waals surface area contributed by atoms with E-state index in [9.17, 15) is 8.78 Å². The fourth-order valence-electron chi connectivity index (χ4n) is 3.55. The molecule has 5 heteroatoms. The highest BCUT2D eigenvalue weighted by molar-refractivity contribution is 5.68. The minimum atomic E-state index is -0.821. The number of likely N-dealkylation sites (tertiary alicyclic amines) is 1. The molecule has 0 radical (unpaired) electrons. The lowest BCUT2D eigenvalue weighted by Gasteiger charge is -2.35. The molecule has 0 amide bonds. The molecular weight excluding hydrogens is 272 g/mol. The van der Waals surface area contributed by atoms with Gasteiger partial charge in [0, 0.05) is 19.6 Å². The Hall–Kier alpha value is -1.36. The Bertz CT molecular complexity index is 493. The van der Waals surface area contributed by atoms with Crippen LogP contribution in [0.5, 0.6) is 0 Å². The Labute approximate surface area is 124 Å². The molecule has 0 saturated carbocycles. The molecule has 0 spiro atoms. The molecule has 0 atom stereocenters. The number of nitrogen functional groups attached to an aromatic ring is 1. The molecule has 21 heavy (non-hydrogen) atoms. The molecule has 3 nitrogen and oxygen atoms in total. The molecular formula is C16H23F2N3. The van der Waals surface area contributed by atoms with Crippen LogP contribution in [0.1, 0.15) is 25.7 Å². The number of hydrogen-bond acceptors (Lipinski definition) is 3. The van der Waals surface area contributed by atoms with Crippen molar-refractivity contribution in [3.05, 3.63) is 23.8 Å². The van der Waals surface area contributed by atoms with Gasteiger partial charge >= 0.3 is 0 Å². The van der Waals surface area contributed by atoms with Gasteiger partial charge in [-0.3, -0.25) is 0 Å². The second-order valence-electron chi connectivity index (χ2n) is 6.24. The average molecular weight is 295 g/mol. The fraction of sp³-hybridized carbons (Fsp3) is 0.625. The Morgan fingerprint density at radius 2 is 1.71 bits per heavy atom. The van der Waals surface area contributed by atoms with E-state index < -0.39 is 11.6 Å². The summed E-state index contributed by atoms with van der Waals surface area (Å²) in [6.45, 7) is 5.08. The van der Waals surface area contributed by atoms with Crippen LogP contribution in [0.2, 0.25) is 0 Å².